The minimum atomic E-state index is -0.492. The van der Waals surface area contributed by atoms with Gasteiger partial charge in [0, 0.05) is 12.1 Å². The minimum Gasteiger partial charge on any atom is -0.478 e. The molecule has 0 saturated heterocycles. The topological polar surface area (TPSA) is 45.0 Å². The molecule has 108 valence electrons. The van der Waals surface area contributed by atoms with Crippen molar-refractivity contribution in [2.75, 3.05) is 11.9 Å². The standard InChI is InChI=1S/C15H11Cl2FN2O/c16-12-7-11(18)8-13(17)15(12)20-9-10-3-1-2-4-14(10)21-6-5-19/h1-4,7-8,20H,6,9H2. The molecule has 0 fully saturated rings. The van der Waals surface area contributed by atoms with Crippen molar-refractivity contribution in [2.45, 2.75) is 6.54 Å². The van der Waals surface area contributed by atoms with E-state index in [0.29, 0.717) is 18.0 Å². The van der Waals surface area contributed by atoms with Gasteiger partial charge < -0.3 is 10.1 Å². The zero-order valence-electron chi connectivity index (χ0n) is 10.9. The lowest BCUT2D eigenvalue weighted by Gasteiger charge is -2.13. The van der Waals surface area contributed by atoms with Crippen molar-refractivity contribution in [3.05, 3.63) is 57.8 Å². The zero-order chi connectivity index (χ0) is 15.2. The molecule has 3 nitrogen and oxygen atoms in total. The molecule has 0 aromatic heterocycles. The van der Waals surface area contributed by atoms with Crippen LogP contribution in [0, 0.1) is 17.1 Å². The largest absolute Gasteiger partial charge is 0.478 e. The average molecular weight is 325 g/mol. The number of rotatable bonds is 5. The molecule has 0 atom stereocenters. The van der Waals surface area contributed by atoms with Gasteiger partial charge in [-0.1, -0.05) is 41.4 Å². The Morgan fingerprint density at radius 3 is 2.52 bits per heavy atom. The molecule has 0 heterocycles. The first kappa shape index (κ1) is 15.4. The first-order valence-corrected chi connectivity index (χ1v) is 6.83. The Balaban J connectivity index is 2.16. The summed E-state index contributed by atoms with van der Waals surface area (Å²) in [6.45, 7) is 0.349. The second-order valence-electron chi connectivity index (χ2n) is 4.15. The summed E-state index contributed by atoms with van der Waals surface area (Å²) in [6, 6.07) is 11.6. The van der Waals surface area contributed by atoms with Gasteiger partial charge in [-0.3, -0.25) is 0 Å². The van der Waals surface area contributed by atoms with Crippen LogP contribution in [0.5, 0.6) is 5.75 Å². The van der Waals surface area contributed by atoms with Gasteiger partial charge in [0.1, 0.15) is 17.6 Å². The van der Waals surface area contributed by atoms with E-state index in [1.807, 2.05) is 24.3 Å². The van der Waals surface area contributed by atoms with E-state index in [1.54, 1.807) is 6.07 Å². The van der Waals surface area contributed by atoms with E-state index in [2.05, 4.69) is 5.32 Å². The first-order valence-electron chi connectivity index (χ1n) is 6.08. The number of nitrogens with one attached hydrogen (secondary N) is 1. The molecule has 0 aliphatic carbocycles. The van der Waals surface area contributed by atoms with E-state index in [-0.39, 0.29) is 16.7 Å². The Labute approximate surface area is 131 Å². The van der Waals surface area contributed by atoms with E-state index in [9.17, 15) is 4.39 Å². The molecular formula is C15H11Cl2FN2O. The third-order valence-electron chi connectivity index (χ3n) is 2.73. The highest BCUT2D eigenvalue weighted by Crippen LogP contribution is 2.32. The second kappa shape index (κ2) is 7.16. The Bertz CT molecular complexity index is 663. The fourth-order valence-corrected chi connectivity index (χ4v) is 2.39. The minimum absolute atomic E-state index is 0.0327. The summed E-state index contributed by atoms with van der Waals surface area (Å²) in [5, 5.41) is 12.0. The van der Waals surface area contributed by atoms with Gasteiger partial charge in [-0.05, 0) is 18.2 Å². The van der Waals surface area contributed by atoms with Crippen molar-refractivity contribution in [3.63, 3.8) is 0 Å². The van der Waals surface area contributed by atoms with Gasteiger partial charge in [0.2, 0.25) is 0 Å². The molecule has 6 heteroatoms. The predicted molar refractivity (Wildman–Crippen MR) is 81.3 cm³/mol. The Hall–Kier alpha value is -1.96. The van der Waals surface area contributed by atoms with Crippen LogP contribution in [0.25, 0.3) is 0 Å². The van der Waals surface area contributed by atoms with Crippen molar-refractivity contribution < 1.29 is 9.13 Å². The zero-order valence-corrected chi connectivity index (χ0v) is 12.4. The van der Waals surface area contributed by atoms with E-state index < -0.39 is 5.82 Å². The number of benzene rings is 2. The van der Waals surface area contributed by atoms with Crippen LogP contribution in [0.1, 0.15) is 5.56 Å². The third-order valence-corrected chi connectivity index (χ3v) is 3.32. The Morgan fingerprint density at radius 2 is 1.86 bits per heavy atom. The quantitative estimate of drug-likeness (QED) is 0.870. The number of hydrogen-bond acceptors (Lipinski definition) is 3. The maximum atomic E-state index is 13.1. The number of hydrogen-bond donors (Lipinski definition) is 1. The van der Waals surface area contributed by atoms with Crippen molar-refractivity contribution in [1.29, 1.82) is 5.26 Å². The second-order valence-corrected chi connectivity index (χ2v) is 4.97. The van der Waals surface area contributed by atoms with Crippen LogP contribution in [-0.2, 0) is 6.54 Å². The van der Waals surface area contributed by atoms with Crippen molar-refractivity contribution in [1.82, 2.24) is 0 Å². The molecule has 2 aromatic rings. The Kier molecular flexibility index (Phi) is 5.26. The van der Waals surface area contributed by atoms with Gasteiger partial charge in [0.25, 0.3) is 0 Å². The summed E-state index contributed by atoms with van der Waals surface area (Å²) in [5.74, 6) is 0.106. The van der Waals surface area contributed by atoms with E-state index in [4.69, 9.17) is 33.2 Å². The van der Waals surface area contributed by atoms with E-state index in [0.717, 1.165) is 5.56 Å². The molecule has 0 unspecified atom stereocenters. The van der Waals surface area contributed by atoms with Gasteiger partial charge in [-0.25, -0.2) is 4.39 Å². The number of ether oxygens (including phenoxy) is 1. The van der Waals surface area contributed by atoms with Gasteiger partial charge in [-0.2, -0.15) is 5.26 Å². The maximum absolute atomic E-state index is 13.1. The van der Waals surface area contributed by atoms with Crippen LogP contribution >= 0.6 is 23.2 Å². The molecule has 2 aromatic carbocycles. The van der Waals surface area contributed by atoms with Gasteiger partial charge >= 0.3 is 0 Å². The lowest BCUT2D eigenvalue weighted by molar-refractivity contribution is 0.364. The lowest BCUT2D eigenvalue weighted by Crippen LogP contribution is -2.04. The monoisotopic (exact) mass is 324 g/mol. The molecule has 2 rings (SSSR count). The summed E-state index contributed by atoms with van der Waals surface area (Å²) in [4.78, 5) is 0. The highest BCUT2D eigenvalue weighted by atomic mass is 35.5. The average Bonchev–Trinajstić information content (AvgIpc) is 2.45. The number of halogens is 3. The number of para-hydroxylation sites is 1. The summed E-state index contributed by atoms with van der Waals surface area (Å²) >= 11 is 11.9. The van der Waals surface area contributed by atoms with Gasteiger partial charge in [0.15, 0.2) is 6.61 Å². The first-order chi connectivity index (χ1) is 10.1. The smallest absolute Gasteiger partial charge is 0.174 e. The SMILES string of the molecule is N#CCOc1ccccc1CNc1c(Cl)cc(F)cc1Cl. The van der Waals surface area contributed by atoms with Crippen LogP contribution in [-0.4, -0.2) is 6.61 Å². The van der Waals surface area contributed by atoms with Crippen LogP contribution < -0.4 is 10.1 Å². The summed E-state index contributed by atoms with van der Waals surface area (Å²) < 4.78 is 18.5. The molecule has 0 aliphatic heterocycles. The number of nitrogens with zero attached hydrogens (tertiary/aromatic N) is 1. The molecule has 21 heavy (non-hydrogen) atoms. The number of nitriles is 1. The summed E-state index contributed by atoms with van der Waals surface area (Å²) in [5.41, 5.74) is 1.29. The van der Waals surface area contributed by atoms with Gasteiger partial charge in [0.05, 0.1) is 15.7 Å². The fourth-order valence-electron chi connectivity index (χ4n) is 1.80. The van der Waals surface area contributed by atoms with Crippen LogP contribution in [0.3, 0.4) is 0 Å². The maximum Gasteiger partial charge on any atom is 0.174 e. The van der Waals surface area contributed by atoms with Gasteiger partial charge in [-0.15, -0.1) is 0 Å². The Morgan fingerprint density at radius 1 is 1.19 bits per heavy atom. The fraction of sp³-hybridized carbons (Fsp3) is 0.133. The number of anilines is 1. The molecule has 0 saturated carbocycles. The highest BCUT2D eigenvalue weighted by Gasteiger charge is 2.09. The molecule has 0 radical (unpaired) electrons. The molecule has 1 N–H and O–H groups in total. The lowest BCUT2D eigenvalue weighted by atomic mass is 10.2. The van der Waals surface area contributed by atoms with Crippen molar-refractivity contribution in [3.8, 4) is 11.8 Å². The normalized spacial score (nSPS) is 10.0. The summed E-state index contributed by atoms with van der Waals surface area (Å²) in [6.07, 6.45) is 0. The highest BCUT2D eigenvalue weighted by molar-refractivity contribution is 6.39. The van der Waals surface area contributed by atoms with Crippen LogP contribution in [0.4, 0.5) is 10.1 Å². The third kappa shape index (κ3) is 4.01. The van der Waals surface area contributed by atoms with E-state index >= 15 is 0 Å². The molecule has 0 amide bonds. The van der Waals surface area contributed by atoms with Crippen molar-refractivity contribution in [2.24, 2.45) is 0 Å². The molecule has 0 bridgehead atoms. The summed E-state index contributed by atoms with van der Waals surface area (Å²) in [7, 11) is 0. The van der Waals surface area contributed by atoms with Crippen molar-refractivity contribution >= 4 is 28.9 Å². The van der Waals surface area contributed by atoms with E-state index in [1.165, 1.54) is 12.1 Å². The van der Waals surface area contributed by atoms with Crippen LogP contribution in [0.2, 0.25) is 10.0 Å². The molecular weight excluding hydrogens is 314 g/mol. The molecule has 0 spiro atoms. The van der Waals surface area contributed by atoms with Crippen LogP contribution in [0.15, 0.2) is 36.4 Å². The predicted octanol–water partition coefficient (Wildman–Crippen LogP) is 4.65. The molecule has 0 aliphatic rings.